The lowest BCUT2D eigenvalue weighted by molar-refractivity contribution is 0.0996. The van der Waals surface area contributed by atoms with Crippen molar-refractivity contribution in [2.24, 2.45) is 7.05 Å². The Kier molecular flexibility index (Phi) is 3.96. The monoisotopic (exact) mass is 280 g/mol. The predicted molar refractivity (Wildman–Crippen MR) is 73.5 cm³/mol. The molecule has 2 aromatic heterocycles. The number of carbonyl (C=O) groups is 1. The number of rotatable bonds is 4. The molecule has 0 spiro atoms. The van der Waals surface area contributed by atoms with E-state index in [1.54, 1.807) is 36.1 Å². The normalized spacial score (nSPS) is 10.7. The number of ether oxygens (including phenoxy) is 1. The fraction of sp³-hybridized carbons (Fsp3) is 0.417. The van der Waals surface area contributed by atoms with E-state index in [0.717, 1.165) is 16.4 Å². The highest BCUT2D eigenvalue weighted by atomic mass is 32.1. The Morgan fingerprint density at radius 3 is 2.89 bits per heavy atom. The molecule has 1 amide bonds. The summed E-state index contributed by atoms with van der Waals surface area (Å²) in [6.07, 6.45) is 3.45. The second-order valence-corrected chi connectivity index (χ2v) is 5.28. The summed E-state index contributed by atoms with van der Waals surface area (Å²) in [5.41, 5.74) is 1.49. The molecule has 2 aromatic rings. The fourth-order valence-corrected chi connectivity index (χ4v) is 2.70. The standard InChI is InChI=1S/C12H16N4O2S/c1-8-11(19-10(14-8)7-18-4)12(17)16(3)9-5-13-15(2)6-9/h5-6H,7H2,1-4H3. The molecule has 0 unspecified atom stereocenters. The summed E-state index contributed by atoms with van der Waals surface area (Å²) < 4.78 is 6.70. The molecular formula is C12H16N4O2S. The van der Waals surface area contributed by atoms with Crippen molar-refractivity contribution >= 4 is 22.9 Å². The molecule has 0 aliphatic heterocycles. The summed E-state index contributed by atoms with van der Waals surface area (Å²) >= 11 is 1.37. The number of hydrogen-bond acceptors (Lipinski definition) is 5. The van der Waals surface area contributed by atoms with Crippen LogP contribution in [-0.2, 0) is 18.4 Å². The molecule has 0 saturated carbocycles. The molecule has 7 heteroatoms. The van der Waals surface area contributed by atoms with Crippen molar-refractivity contribution in [1.82, 2.24) is 14.8 Å². The van der Waals surface area contributed by atoms with Crippen LogP contribution in [0, 0.1) is 6.92 Å². The van der Waals surface area contributed by atoms with Crippen LogP contribution in [0.2, 0.25) is 0 Å². The van der Waals surface area contributed by atoms with Crippen molar-refractivity contribution in [3.8, 4) is 0 Å². The van der Waals surface area contributed by atoms with Crippen LogP contribution in [0.4, 0.5) is 5.69 Å². The molecule has 102 valence electrons. The number of carbonyl (C=O) groups excluding carboxylic acids is 1. The molecule has 0 radical (unpaired) electrons. The molecule has 0 N–H and O–H groups in total. The smallest absolute Gasteiger partial charge is 0.270 e. The SMILES string of the molecule is COCc1nc(C)c(C(=O)N(C)c2cnn(C)c2)s1. The summed E-state index contributed by atoms with van der Waals surface area (Å²) in [5, 5.41) is 4.87. The van der Waals surface area contributed by atoms with Crippen LogP contribution in [0.15, 0.2) is 12.4 Å². The number of methoxy groups -OCH3 is 1. The second kappa shape index (κ2) is 5.50. The Bertz CT molecular complexity index is 590. The molecule has 19 heavy (non-hydrogen) atoms. The molecule has 0 fully saturated rings. The summed E-state index contributed by atoms with van der Waals surface area (Å²) in [4.78, 5) is 19.0. The van der Waals surface area contributed by atoms with Gasteiger partial charge in [0.1, 0.15) is 9.88 Å². The van der Waals surface area contributed by atoms with Crippen LogP contribution in [0.1, 0.15) is 20.4 Å². The summed E-state index contributed by atoms with van der Waals surface area (Å²) in [5.74, 6) is -0.0784. The molecule has 0 aromatic carbocycles. The highest BCUT2D eigenvalue weighted by molar-refractivity contribution is 7.13. The Balaban J connectivity index is 2.23. The van der Waals surface area contributed by atoms with Gasteiger partial charge >= 0.3 is 0 Å². The van der Waals surface area contributed by atoms with E-state index < -0.39 is 0 Å². The molecule has 6 nitrogen and oxygen atoms in total. The van der Waals surface area contributed by atoms with Gasteiger partial charge in [-0.2, -0.15) is 5.10 Å². The van der Waals surface area contributed by atoms with Gasteiger partial charge in [-0.15, -0.1) is 11.3 Å². The number of amides is 1. The Morgan fingerprint density at radius 1 is 1.58 bits per heavy atom. The van der Waals surface area contributed by atoms with Gasteiger partial charge in [-0.25, -0.2) is 4.98 Å². The van der Waals surface area contributed by atoms with Crippen LogP contribution in [-0.4, -0.2) is 34.8 Å². The highest BCUT2D eigenvalue weighted by Crippen LogP contribution is 2.22. The van der Waals surface area contributed by atoms with Gasteiger partial charge in [0.25, 0.3) is 5.91 Å². The average molecular weight is 280 g/mol. The fourth-order valence-electron chi connectivity index (χ4n) is 1.69. The van der Waals surface area contributed by atoms with Crippen LogP contribution in [0.25, 0.3) is 0 Å². The van der Waals surface area contributed by atoms with Crippen molar-refractivity contribution in [1.29, 1.82) is 0 Å². The number of thiazole rings is 1. The highest BCUT2D eigenvalue weighted by Gasteiger charge is 2.20. The molecule has 0 atom stereocenters. The van der Waals surface area contributed by atoms with Gasteiger partial charge in [-0.1, -0.05) is 0 Å². The van der Waals surface area contributed by atoms with E-state index in [-0.39, 0.29) is 5.91 Å². The third-order valence-corrected chi connectivity index (χ3v) is 3.81. The van der Waals surface area contributed by atoms with Crippen molar-refractivity contribution < 1.29 is 9.53 Å². The topological polar surface area (TPSA) is 60.2 Å². The van der Waals surface area contributed by atoms with Crippen LogP contribution in [0.5, 0.6) is 0 Å². The van der Waals surface area contributed by atoms with E-state index in [0.29, 0.717) is 11.5 Å². The van der Waals surface area contributed by atoms with E-state index in [1.807, 2.05) is 14.0 Å². The minimum absolute atomic E-state index is 0.0784. The number of aryl methyl sites for hydroxylation is 2. The van der Waals surface area contributed by atoms with Crippen molar-refractivity contribution in [2.75, 3.05) is 19.1 Å². The van der Waals surface area contributed by atoms with E-state index in [1.165, 1.54) is 11.3 Å². The van der Waals surface area contributed by atoms with Gasteiger partial charge in [0.2, 0.25) is 0 Å². The predicted octanol–water partition coefficient (Wildman–Crippen LogP) is 1.61. The zero-order valence-electron chi connectivity index (χ0n) is 11.4. The molecule has 0 aliphatic carbocycles. The van der Waals surface area contributed by atoms with E-state index in [4.69, 9.17) is 4.74 Å². The summed E-state index contributed by atoms with van der Waals surface area (Å²) in [6, 6.07) is 0. The van der Waals surface area contributed by atoms with Gasteiger partial charge in [0.05, 0.1) is 24.2 Å². The maximum absolute atomic E-state index is 12.4. The van der Waals surface area contributed by atoms with E-state index in [9.17, 15) is 4.79 Å². The van der Waals surface area contributed by atoms with E-state index >= 15 is 0 Å². The maximum atomic E-state index is 12.4. The Labute approximate surface area is 115 Å². The third kappa shape index (κ3) is 2.82. The first-order valence-corrected chi connectivity index (χ1v) is 6.56. The van der Waals surface area contributed by atoms with E-state index in [2.05, 4.69) is 10.1 Å². The van der Waals surface area contributed by atoms with Gasteiger partial charge in [0, 0.05) is 27.4 Å². The van der Waals surface area contributed by atoms with Crippen LogP contribution in [0.3, 0.4) is 0 Å². The van der Waals surface area contributed by atoms with Gasteiger partial charge in [0.15, 0.2) is 0 Å². The number of aromatic nitrogens is 3. The Hall–Kier alpha value is -1.73. The van der Waals surface area contributed by atoms with Crippen molar-refractivity contribution in [3.63, 3.8) is 0 Å². The summed E-state index contributed by atoms with van der Waals surface area (Å²) in [7, 11) is 5.16. The minimum atomic E-state index is -0.0784. The number of nitrogens with zero attached hydrogens (tertiary/aromatic N) is 4. The van der Waals surface area contributed by atoms with Crippen molar-refractivity contribution in [2.45, 2.75) is 13.5 Å². The molecule has 0 saturated heterocycles. The maximum Gasteiger partial charge on any atom is 0.270 e. The van der Waals surface area contributed by atoms with Crippen LogP contribution < -0.4 is 4.90 Å². The van der Waals surface area contributed by atoms with Crippen molar-refractivity contribution in [3.05, 3.63) is 28.0 Å². The van der Waals surface area contributed by atoms with Crippen LogP contribution >= 0.6 is 11.3 Å². The first-order valence-electron chi connectivity index (χ1n) is 5.75. The Morgan fingerprint density at radius 2 is 2.32 bits per heavy atom. The second-order valence-electron chi connectivity index (χ2n) is 4.19. The zero-order valence-corrected chi connectivity index (χ0v) is 12.2. The average Bonchev–Trinajstić information content (AvgIpc) is 2.94. The zero-order chi connectivity index (χ0) is 14.0. The van der Waals surface area contributed by atoms with Gasteiger partial charge < -0.3 is 9.64 Å². The molecule has 2 rings (SSSR count). The lowest BCUT2D eigenvalue weighted by Crippen LogP contribution is -2.25. The molecular weight excluding hydrogens is 264 g/mol. The number of anilines is 1. The lowest BCUT2D eigenvalue weighted by Gasteiger charge is -2.13. The quantitative estimate of drug-likeness (QED) is 0.853. The minimum Gasteiger partial charge on any atom is -0.378 e. The largest absolute Gasteiger partial charge is 0.378 e. The molecule has 2 heterocycles. The molecule has 0 bridgehead atoms. The molecule has 0 aliphatic rings. The first-order chi connectivity index (χ1) is 9.02. The van der Waals surface area contributed by atoms with Gasteiger partial charge in [-0.3, -0.25) is 9.48 Å². The lowest BCUT2D eigenvalue weighted by atomic mass is 10.3. The first kappa shape index (κ1) is 13.7. The third-order valence-electron chi connectivity index (χ3n) is 2.69. The van der Waals surface area contributed by atoms with Gasteiger partial charge in [-0.05, 0) is 6.92 Å². The summed E-state index contributed by atoms with van der Waals surface area (Å²) in [6.45, 7) is 2.26. The number of hydrogen-bond donors (Lipinski definition) is 0.